The van der Waals surface area contributed by atoms with Crippen molar-refractivity contribution in [3.63, 3.8) is 0 Å². The van der Waals surface area contributed by atoms with Gasteiger partial charge in [0.15, 0.2) is 0 Å². The average Bonchev–Trinajstić information content (AvgIpc) is 3.59. The molecule has 1 N–H and O–H groups in total. The normalized spacial score (nSPS) is 31.9. The van der Waals surface area contributed by atoms with Crippen molar-refractivity contribution in [3.8, 4) is 0 Å². The number of carbonyl (C=O) groups excluding carboxylic acids is 3. The third kappa shape index (κ3) is 3.30. The molecule has 0 aromatic heterocycles. The molecule has 7 rings (SSSR count). The minimum Gasteiger partial charge on any atom is -0.324 e. The first-order valence-electron chi connectivity index (χ1n) is 11.6. The number of hydrogen-bond donors (Lipinski definition) is 1. The highest BCUT2D eigenvalue weighted by atomic mass is 79.9. The van der Waals surface area contributed by atoms with Gasteiger partial charge in [0.25, 0.3) is 0 Å². The molecule has 5 nitrogen and oxygen atoms in total. The number of nitrogens with zero attached hydrogens (tertiary/aromatic N) is 1. The van der Waals surface area contributed by atoms with E-state index in [4.69, 9.17) is 0 Å². The molecule has 2 bridgehead atoms. The van der Waals surface area contributed by atoms with Crippen molar-refractivity contribution in [2.75, 3.05) is 5.32 Å². The van der Waals surface area contributed by atoms with Gasteiger partial charge in [-0.3, -0.25) is 19.3 Å². The van der Waals surface area contributed by atoms with Crippen LogP contribution < -0.4 is 5.32 Å². The highest BCUT2D eigenvalue weighted by Gasteiger charge is 2.67. The Hall–Kier alpha value is -2.73. The Morgan fingerprint density at radius 3 is 2.27 bits per heavy atom. The lowest BCUT2D eigenvalue weighted by molar-refractivity contribution is -0.146. The molecule has 33 heavy (non-hydrogen) atoms. The summed E-state index contributed by atoms with van der Waals surface area (Å²) in [5, 5.41) is 2.99. The second-order valence-corrected chi connectivity index (χ2v) is 10.8. The molecular formula is C27H25BrN2O3. The van der Waals surface area contributed by atoms with E-state index in [2.05, 4.69) is 33.4 Å². The van der Waals surface area contributed by atoms with Crippen molar-refractivity contribution in [3.05, 3.63) is 76.3 Å². The molecule has 0 spiro atoms. The molecule has 2 saturated carbocycles. The van der Waals surface area contributed by atoms with E-state index in [0.29, 0.717) is 23.9 Å². The van der Waals surface area contributed by atoms with E-state index in [1.165, 1.54) is 4.90 Å². The molecule has 2 aromatic rings. The van der Waals surface area contributed by atoms with Gasteiger partial charge >= 0.3 is 0 Å². The van der Waals surface area contributed by atoms with Crippen LogP contribution in [-0.4, -0.2) is 28.7 Å². The van der Waals surface area contributed by atoms with Crippen LogP contribution >= 0.6 is 15.9 Å². The van der Waals surface area contributed by atoms with Crippen LogP contribution in [0.3, 0.4) is 0 Å². The highest BCUT2D eigenvalue weighted by Crippen LogP contribution is 2.65. The van der Waals surface area contributed by atoms with Crippen LogP contribution in [0.15, 0.2) is 65.2 Å². The molecule has 1 saturated heterocycles. The van der Waals surface area contributed by atoms with E-state index in [1.54, 1.807) is 0 Å². The third-order valence-electron chi connectivity index (χ3n) is 8.03. The van der Waals surface area contributed by atoms with Crippen LogP contribution in [0.2, 0.25) is 0 Å². The second-order valence-electron chi connectivity index (χ2n) is 9.86. The van der Waals surface area contributed by atoms with Crippen LogP contribution in [-0.2, 0) is 20.8 Å². The maximum atomic E-state index is 13.7. The highest BCUT2D eigenvalue weighted by molar-refractivity contribution is 9.10. The third-order valence-corrected chi connectivity index (χ3v) is 8.52. The van der Waals surface area contributed by atoms with Crippen LogP contribution in [0.5, 0.6) is 0 Å². The topological polar surface area (TPSA) is 66.5 Å². The van der Waals surface area contributed by atoms with Gasteiger partial charge in [-0.15, -0.1) is 0 Å². The Kier molecular flexibility index (Phi) is 4.84. The van der Waals surface area contributed by atoms with Crippen LogP contribution in [0.1, 0.15) is 17.5 Å². The van der Waals surface area contributed by atoms with Crippen LogP contribution in [0.25, 0.3) is 0 Å². The molecule has 3 amide bonds. The lowest BCUT2D eigenvalue weighted by atomic mass is 9.63. The molecule has 6 heteroatoms. The van der Waals surface area contributed by atoms with E-state index in [9.17, 15) is 14.4 Å². The second kappa shape index (κ2) is 7.66. The van der Waals surface area contributed by atoms with Crippen molar-refractivity contribution < 1.29 is 14.4 Å². The fraction of sp³-hybridized carbons (Fsp3) is 0.370. The van der Waals surface area contributed by atoms with E-state index >= 15 is 0 Å². The molecule has 0 radical (unpaired) electrons. The van der Waals surface area contributed by atoms with Crippen molar-refractivity contribution in [2.45, 2.75) is 25.8 Å². The zero-order valence-electron chi connectivity index (χ0n) is 18.3. The number of hydrogen-bond acceptors (Lipinski definition) is 3. The summed E-state index contributed by atoms with van der Waals surface area (Å²) in [6.45, 7) is 1.92. The summed E-state index contributed by atoms with van der Waals surface area (Å²) in [5.41, 5.74) is 2.51. The number of anilines is 1. The summed E-state index contributed by atoms with van der Waals surface area (Å²) in [6, 6.07) is 14.4. The van der Waals surface area contributed by atoms with Crippen molar-refractivity contribution in [1.82, 2.24) is 4.90 Å². The lowest BCUT2D eigenvalue weighted by Gasteiger charge is -2.37. The van der Waals surface area contributed by atoms with Gasteiger partial charge in [0.1, 0.15) is 6.04 Å². The van der Waals surface area contributed by atoms with Crippen molar-refractivity contribution in [1.29, 1.82) is 0 Å². The summed E-state index contributed by atoms with van der Waals surface area (Å²) in [4.78, 5) is 42.3. The molecule has 5 aliphatic rings. The summed E-state index contributed by atoms with van der Waals surface area (Å²) in [5.74, 6) is 0.0657. The lowest BCUT2D eigenvalue weighted by Crippen LogP contribution is -2.49. The summed E-state index contributed by atoms with van der Waals surface area (Å²) >= 11 is 3.45. The monoisotopic (exact) mass is 504 g/mol. The number of nitrogens with one attached hydrogen (secondary N) is 1. The van der Waals surface area contributed by atoms with E-state index in [-0.39, 0.29) is 41.4 Å². The smallest absolute Gasteiger partial charge is 0.248 e. The predicted molar refractivity (Wildman–Crippen MR) is 128 cm³/mol. The molecule has 168 valence electrons. The largest absolute Gasteiger partial charge is 0.324 e. The Balaban J connectivity index is 1.34. The molecular weight excluding hydrogens is 480 g/mol. The number of amides is 3. The van der Waals surface area contributed by atoms with Gasteiger partial charge < -0.3 is 5.32 Å². The molecule has 3 fully saturated rings. The Labute approximate surface area is 201 Å². The fourth-order valence-electron chi connectivity index (χ4n) is 6.41. The Morgan fingerprint density at radius 2 is 1.67 bits per heavy atom. The van der Waals surface area contributed by atoms with Gasteiger partial charge in [0.2, 0.25) is 17.7 Å². The van der Waals surface area contributed by atoms with Crippen molar-refractivity contribution >= 4 is 39.3 Å². The zero-order valence-corrected chi connectivity index (χ0v) is 19.9. The van der Waals surface area contributed by atoms with Crippen LogP contribution in [0.4, 0.5) is 5.69 Å². The number of rotatable bonds is 5. The van der Waals surface area contributed by atoms with Gasteiger partial charge in [0.05, 0.1) is 11.8 Å². The maximum Gasteiger partial charge on any atom is 0.248 e. The number of carbonyl (C=O) groups is 3. The van der Waals surface area contributed by atoms with Gasteiger partial charge in [-0.05, 0) is 66.3 Å². The Bertz CT molecular complexity index is 1160. The first-order valence-corrected chi connectivity index (χ1v) is 12.4. The fourth-order valence-corrected chi connectivity index (χ4v) is 6.88. The molecule has 2 aromatic carbocycles. The standard InChI is InChI=1S/C27H25BrN2O3/c1-14-11-16(28)7-10-21(14)29-25(31)22(12-15-5-3-2-4-6-15)30-26(32)23-17-8-9-18(20-13-19(17)20)24(23)27(30)33/h2-11,17-20,22-24H,12-13H2,1H3,(H,29,31)/t17-,18-,19-,20-,22-,23+,24+/m1/s1. The quantitative estimate of drug-likeness (QED) is 0.485. The first kappa shape index (κ1) is 20.8. The van der Waals surface area contributed by atoms with E-state index in [0.717, 1.165) is 22.0 Å². The SMILES string of the molecule is Cc1cc(Br)ccc1NC(=O)[C@@H](Cc1ccccc1)N1C(=O)[C@H]2[C@@H]3C=C[C@H]([C@H]4C[C@H]34)[C@@H]2C1=O. The molecule has 7 atom stereocenters. The van der Waals surface area contributed by atoms with Gasteiger partial charge in [-0.2, -0.15) is 0 Å². The summed E-state index contributed by atoms with van der Waals surface area (Å²) in [7, 11) is 0. The number of imide groups is 1. The first-order chi connectivity index (χ1) is 15.9. The minimum absolute atomic E-state index is 0.139. The number of benzene rings is 2. The van der Waals surface area contributed by atoms with E-state index < -0.39 is 6.04 Å². The van der Waals surface area contributed by atoms with Crippen molar-refractivity contribution in [2.24, 2.45) is 35.5 Å². The molecule has 4 aliphatic carbocycles. The minimum atomic E-state index is -0.878. The zero-order chi connectivity index (χ0) is 22.9. The van der Waals surface area contributed by atoms with Gasteiger partial charge in [0, 0.05) is 16.6 Å². The van der Waals surface area contributed by atoms with Gasteiger partial charge in [-0.1, -0.05) is 58.4 Å². The molecule has 0 unspecified atom stereocenters. The molecule has 1 aliphatic heterocycles. The number of allylic oxidation sites excluding steroid dienone is 2. The Morgan fingerprint density at radius 1 is 1.03 bits per heavy atom. The van der Waals surface area contributed by atoms with Crippen LogP contribution in [0, 0.1) is 42.4 Å². The number of halogens is 1. The number of aryl methyl sites for hydroxylation is 1. The summed E-state index contributed by atoms with van der Waals surface area (Å²) in [6.07, 6.45) is 5.74. The van der Waals surface area contributed by atoms with Gasteiger partial charge in [-0.25, -0.2) is 0 Å². The predicted octanol–water partition coefficient (Wildman–Crippen LogP) is 4.36. The summed E-state index contributed by atoms with van der Waals surface area (Å²) < 4.78 is 0.925. The van der Waals surface area contributed by atoms with E-state index in [1.807, 2.05) is 55.5 Å². The molecule has 1 heterocycles. The average molecular weight is 505 g/mol. The number of likely N-dealkylation sites (tertiary alicyclic amines) is 1. The maximum absolute atomic E-state index is 13.7.